The van der Waals surface area contributed by atoms with Crippen molar-refractivity contribution in [1.82, 2.24) is 4.90 Å². The Morgan fingerprint density at radius 2 is 1.93 bits per heavy atom. The van der Waals surface area contributed by atoms with E-state index in [9.17, 15) is 14.0 Å². The Kier molecular flexibility index (Phi) is 5.32. The maximum atomic E-state index is 14.1. The summed E-state index contributed by atoms with van der Waals surface area (Å²) in [4.78, 5) is 29.8. The number of nitrogens with one attached hydrogen (secondary N) is 1. The molecule has 5 nitrogen and oxygen atoms in total. The number of carbonyl (C=O) groups is 2. The summed E-state index contributed by atoms with van der Waals surface area (Å²) in [6.45, 7) is 0.250. The number of para-hydroxylation sites is 2. The summed E-state index contributed by atoms with van der Waals surface area (Å²) in [5.41, 5.74) is 0.874. The Labute approximate surface area is 174 Å². The molecule has 7 heteroatoms. The molecule has 4 rings (SSSR count). The molecule has 0 atom stereocenters. The minimum atomic E-state index is -0.845. The second-order valence-corrected chi connectivity index (χ2v) is 8.22. The Bertz CT molecular complexity index is 939. The van der Waals surface area contributed by atoms with Crippen LogP contribution in [0.25, 0.3) is 0 Å². The number of hydrogen-bond acceptors (Lipinski definition) is 3. The summed E-state index contributed by atoms with van der Waals surface area (Å²) in [5, 5.41) is 3.30. The zero-order valence-electron chi connectivity index (χ0n) is 16.3. The van der Waals surface area contributed by atoms with E-state index in [0.29, 0.717) is 29.1 Å². The Hall–Kier alpha value is -2.44. The second kappa shape index (κ2) is 7.76. The van der Waals surface area contributed by atoms with Crippen LogP contribution in [0, 0.1) is 5.82 Å². The van der Waals surface area contributed by atoms with Crippen molar-refractivity contribution in [3.05, 3.63) is 58.9 Å². The summed E-state index contributed by atoms with van der Waals surface area (Å²) >= 11 is 6.13. The van der Waals surface area contributed by atoms with Crippen LogP contribution in [-0.2, 0) is 16.1 Å². The summed E-state index contributed by atoms with van der Waals surface area (Å²) in [6, 6.07) is 11.9. The Balaban J connectivity index is 1.61. The highest BCUT2D eigenvalue weighted by Crippen LogP contribution is 2.45. The van der Waals surface area contributed by atoms with Gasteiger partial charge in [-0.3, -0.25) is 19.4 Å². The first kappa shape index (κ1) is 19.9. The zero-order valence-corrected chi connectivity index (χ0v) is 17.0. The van der Waals surface area contributed by atoms with Crippen LogP contribution in [0.5, 0.6) is 0 Å². The maximum absolute atomic E-state index is 14.1. The molecule has 2 amide bonds. The van der Waals surface area contributed by atoms with E-state index in [1.165, 1.54) is 6.07 Å². The van der Waals surface area contributed by atoms with Crippen molar-refractivity contribution in [3.8, 4) is 0 Å². The molecule has 0 radical (unpaired) electrons. The third-order valence-corrected chi connectivity index (χ3v) is 6.17. The lowest BCUT2D eigenvalue weighted by Crippen LogP contribution is -2.62. The minimum Gasteiger partial charge on any atom is -0.322 e. The van der Waals surface area contributed by atoms with E-state index in [4.69, 9.17) is 11.6 Å². The zero-order chi connectivity index (χ0) is 20.6. The number of nitrogens with zero attached hydrogens (tertiary/aromatic N) is 2. The van der Waals surface area contributed by atoms with Crippen LogP contribution < -0.4 is 10.2 Å². The van der Waals surface area contributed by atoms with E-state index in [1.54, 1.807) is 35.0 Å². The third-order valence-electron chi connectivity index (χ3n) is 5.82. The molecule has 2 aromatic rings. The number of benzene rings is 2. The standard InChI is InChI=1S/C22H23ClFN3O2/c1-26(13-15-16(23)7-6-8-17(15)24)14-20(28)27-19-10-3-2-9-18(19)25-21(29)22(27)11-4-5-12-22/h2-3,6-10H,4-5,11-14H2,1H3,(H,25,29). The molecule has 0 saturated heterocycles. The smallest absolute Gasteiger partial charge is 0.250 e. The van der Waals surface area contributed by atoms with E-state index < -0.39 is 11.4 Å². The highest BCUT2D eigenvalue weighted by atomic mass is 35.5. The monoisotopic (exact) mass is 415 g/mol. The van der Waals surface area contributed by atoms with Gasteiger partial charge < -0.3 is 5.32 Å². The van der Waals surface area contributed by atoms with Crippen LogP contribution >= 0.6 is 11.6 Å². The lowest BCUT2D eigenvalue weighted by Gasteiger charge is -2.44. The van der Waals surface area contributed by atoms with Crippen LogP contribution in [0.4, 0.5) is 15.8 Å². The van der Waals surface area contributed by atoms with Crippen molar-refractivity contribution in [2.45, 2.75) is 37.8 Å². The molecule has 152 valence electrons. The van der Waals surface area contributed by atoms with E-state index in [-0.39, 0.29) is 24.9 Å². The van der Waals surface area contributed by atoms with Crippen LogP contribution in [0.1, 0.15) is 31.2 Å². The molecule has 29 heavy (non-hydrogen) atoms. The van der Waals surface area contributed by atoms with Gasteiger partial charge in [0, 0.05) is 17.1 Å². The van der Waals surface area contributed by atoms with Crippen molar-refractivity contribution in [1.29, 1.82) is 0 Å². The molecule has 1 aliphatic carbocycles. The van der Waals surface area contributed by atoms with Crippen molar-refractivity contribution in [2.75, 3.05) is 23.8 Å². The van der Waals surface area contributed by atoms with Gasteiger partial charge in [0.15, 0.2) is 0 Å². The number of anilines is 2. The van der Waals surface area contributed by atoms with Gasteiger partial charge in [0.1, 0.15) is 11.4 Å². The number of hydrogen-bond donors (Lipinski definition) is 1. The first-order chi connectivity index (χ1) is 13.9. The average molecular weight is 416 g/mol. The van der Waals surface area contributed by atoms with Crippen LogP contribution in [0.2, 0.25) is 5.02 Å². The second-order valence-electron chi connectivity index (χ2n) is 7.81. The number of rotatable bonds is 4. The molecule has 1 N–H and O–H groups in total. The molecule has 1 heterocycles. The molecule has 1 aliphatic heterocycles. The largest absolute Gasteiger partial charge is 0.322 e. The normalized spacial score (nSPS) is 17.5. The van der Waals surface area contributed by atoms with Crippen molar-refractivity contribution < 1.29 is 14.0 Å². The topological polar surface area (TPSA) is 52.7 Å². The molecular formula is C22H23ClFN3O2. The fraction of sp³-hybridized carbons (Fsp3) is 0.364. The first-order valence-corrected chi connectivity index (χ1v) is 10.2. The number of carbonyl (C=O) groups excluding carboxylic acids is 2. The van der Waals surface area contributed by atoms with Gasteiger partial charge in [0.25, 0.3) is 5.91 Å². The van der Waals surface area contributed by atoms with Crippen LogP contribution in [0.3, 0.4) is 0 Å². The molecule has 2 aliphatic rings. The van der Waals surface area contributed by atoms with Crippen LogP contribution in [-0.4, -0.2) is 35.8 Å². The number of halogens is 2. The predicted octanol–water partition coefficient (Wildman–Crippen LogP) is 4.21. The van der Waals surface area contributed by atoms with Crippen LogP contribution in [0.15, 0.2) is 42.5 Å². The number of amides is 2. The molecule has 1 spiro atoms. The van der Waals surface area contributed by atoms with Gasteiger partial charge in [0.05, 0.1) is 17.9 Å². The summed E-state index contributed by atoms with van der Waals surface area (Å²) in [6.07, 6.45) is 3.09. The van der Waals surface area contributed by atoms with Gasteiger partial charge in [0.2, 0.25) is 5.91 Å². The van der Waals surface area contributed by atoms with Crippen molar-refractivity contribution in [3.63, 3.8) is 0 Å². The highest BCUT2D eigenvalue weighted by Gasteiger charge is 2.52. The SMILES string of the molecule is CN(CC(=O)N1c2ccccc2NC(=O)C12CCCC2)Cc1c(F)cccc1Cl. The quantitative estimate of drug-likeness (QED) is 0.813. The number of likely N-dealkylation sites (N-methyl/N-ethyl adjacent to an activating group) is 1. The van der Waals surface area contributed by atoms with Gasteiger partial charge in [-0.25, -0.2) is 4.39 Å². The molecule has 2 aromatic carbocycles. The fourth-order valence-electron chi connectivity index (χ4n) is 4.44. The van der Waals surface area contributed by atoms with Gasteiger partial charge in [-0.05, 0) is 44.2 Å². The summed E-state index contributed by atoms with van der Waals surface area (Å²) in [5.74, 6) is -0.697. The minimum absolute atomic E-state index is 0.0496. The van der Waals surface area contributed by atoms with E-state index >= 15 is 0 Å². The Morgan fingerprint density at radius 3 is 2.66 bits per heavy atom. The maximum Gasteiger partial charge on any atom is 0.250 e. The molecule has 0 bridgehead atoms. The fourth-order valence-corrected chi connectivity index (χ4v) is 4.66. The van der Waals surface area contributed by atoms with E-state index in [0.717, 1.165) is 18.5 Å². The summed E-state index contributed by atoms with van der Waals surface area (Å²) < 4.78 is 14.1. The molecule has 1 saturated carbocycles. The Morgan fingerprint density at radius 1 is 1.21 bits per heavy atom. The summed E-state index contributed by atoms with van der Waals surface area (Å²) in [7, 11) is 1.75. The van der Waals surface area contributed by atoms with Crippen molar-refractivity contribution in [2.24, 2.45) is 0 Å². The van der Waals surface area contributed by atoms with Gasteiger partial charge in [-0.1, -0.05) is 42.6 Å². The lowest BCUT2D eigenvalue weighted by molar-refractivity contribution is -0.127. The first-order valence-electron chi connectivity index (χ1n) is 9.77. The molecule has 0 aromatic heterocycles. The predicted molar refractivity (Wildman–Crippen MR) is 112 cm³/mol. The third kappa shape index (κ3) is 3.51. The van der Waals surface area contributed by atoms with Gasteiger partial charge >= 0.3 is 0 Å². The van der Waals surface area contributed by atoms with Gasteiger partial charge in [-0.15, -0.1) is 0 Å². The van der Waals surface area contributed by atoms with Crippen molar-refractivity contribution >= 4 is 34.8 Å². The van der Waals surface area contributed by atoms with E-state index in [1.807, 2.05) is 18.2 Å². The molecule has 1 fully saturated rings. The molecule has 0 unspecified atom stereocenters. The highest BCUT2D eigenvalue weighted by molar-refractivity contribution is 6.31. The lowest BCUT2D eigenvalue weighted by atomic mass is 9.89. The molecular weight excluding hydrogens is 393 g/mol. The average Bonchev–Trinajstić information content (AvgIpc) is 3.16. The van der Waals surface area contributed by atoms with E-state index in [2.05, 4.69) is 5.32 Å². The van der Waals surface area contributed by atoms with Gasteiger partial charge in [-0.2, -0.15) is 0 Å². The number of fused-ring (bicyclic) bond motifs is 1.